The molecule has 1 aliphatic carbocycles. The van der Waals surface area contributed by atoms with E-state index in [9.17, 15) is 14.7 Å². The smallest absolute Gasteiger partial charge is 0.308 e. The van der Waals surface area contributed by atoms with Crippen molar-refractivity contribution in [1.82, 2.24) is 10.3 Å². The number of aromatic hydroxyl groups is 1. The molecule has 6 nitrogen and oxygen atoms in total. The molecule has 1 aliphatic rings. The SMILES string of the molecule is O=C(NC1CCCC1C(=O)O)c1ccncc1O. The van der Waals surface area contributed by atoms with Crippen molar-refractivity contribution >= 4 is 11.9 Å². The molecule has 0 aliphatic heterocycles. The summed E-state index contributed by atoms with van der Waals surface area (Å²) in [5.41, 5.74) is 0.112. The summed E-state index contributed by atoms with van der Waals surface area (Å²) < 4.78 is 0. The van der Waals surface area contributed by atoms with E-state index in [0.717, 1.165) is 6.42 Å². The van der Waals surface area contributed by atoms with Gasteiger partial charge in [-0.3, -0.25) is 14.6 Å². The summed E-state index contributed by atoms with van der Waals surface area (Å²) in [4.78, 5) is 26.6. The Bertz CT molecular complexity index is 475. The number of carbonyl (C=O) groups is 2. The fourth-order valence-corrected chi connectivity index (χ4v) is 2.25. The van der Waals surface area contributed by atoms with E-state index in [0.29, 0.717) is 12.8 Å². The van der Waals surface area contributed by atoms with Crippen LogP contribution in [-0.4, -0.2) is 33.1 Å². The van der Waals surface area contributed by atoms with E-state index in [2.05, 4.69) is 10.3 Å². The molecule has 1 fully saturated rings. The Labute approximate surface area is 104 Å². The maximum atomic E-state index is 11.9. The van der Waals surface area contributed by atoms with Gasteiger partial charge in [0, 0.05) is 12.2 Å². The Morgan fingerprint density at radius 2 is 2.17 bits per heavy atom. The lowest BCUT2D eigenvalue weighted by molar-refractivity contribution is -0.142. The molecule has 2 unspecified atom stereocenters. The second-order valence-corrected chi connectivity index (χ2v) is 4.35. The predicted octanol–water partition coefficient (Wildman–Crippen LogP) is 0.770. The molecule has 0 radical (unpaired) electrons. The Morgan fingerprint density at radius 1 is 1.39 bits per heavy atom. The highest BCUT2D eigenvalue weighted by Crippen LogP contribution is 2.26. The average molecular weight is 250 g/mol. The summed E-state index contributed by atoms with van der Waals surface area (Å²) in [6, 6.07) is 1.03. The highest BCUT2D eigenvalue weighted by molar-refractivity contribution is 5.97. The van der Waals surface area contributed by atoms with Crippen LogP contribution in [0, 0.1) is 5.92 Å². The van der Waals surface area contributed by atoms with Gasteiger partial charge >= 0.3 is 5.97 Å². The van der Waals surface area contributed by atoms with Gasteiger partial charge in [-0.1, -0.05) is 6.42 Å². The van der Waals surface area contributed by atoms with Gasteiger partial charge in [0.15, 0.2) is 0 Å². The number of rotatable bonds is 3. The minimum Gasteiger partial charge on any atom is -0.505 e. The summed E-state index contributed by atoms with van der Waals surface area (Å²) in [7, 11) is 0. The van der Waals surface area contributed by atoms with E-state index in [1.165, 1.54) is 18.5 Å². The van der Waals surface area contributed by atoms with E-state index >= 15 is 0 Å². The Morgan fingerprint density at radius 3 is 2.83 bits per heavy atom. The first-order chi connectivity index (χ1) is 8.59. The molecule has 1 aromatic rings. The summed E-state index contributed by atoms with van der Waals surface area (Å²) >= 11 is 0. The van der Waals surface area contributed by atoms with Crippen molar-refractivity contribution in [3.05, 3.63) is 24.0 Å². The molecule has 0 saturated heterocycles. The van der Waals surface area contributed by atoms with Crippen molar-refractivity contribution in [1.29, 1.82) is 0 Å². The normalized spacial score (nSPS) is 22.7. The van der Waals surface area contributed by atoms with Gasteiger partial charge in [-0.25, -0.2) is 0 Å². The van der Waals surface area contributed by atoms with Crippen LogP contribution in [-0.2, 0) is 4.79 Å². The van der Waals surface area contributed by atoms with Crippen LogP contribution >= 0.6 is 0 Å². The first-order valence-electron chi connectivity index (χ1n) is 5.76. The lowest BCUT2D eigenvalue weighted by Crippen LogP contribution is -2.40. The number of nitrogens with one attached hydrogen (secondary N) is 1. The summed E-state index contributed by atoms with van der Waals surface area (Å²) in [5, 5.41) is 21.2. The van der Waals surface area contributed by atoms with Gasteiger partial charge in [0.25, 0.3) is 5.91 Å². The Hall–Kier alpha value is -2.11. The quantitative estimate of drug-likeness (QED) is 0.735. The average Bonchev–Trinajstić information content (AvgIpc) is 2.77. The molecule has 0 bridgehead atoms. The van der Waals surface area contributed by atoms with Gasteiger partial charge in [0.05, 0.1) is 17.7 Å². The van der Waals surface area contributed by atoms with E-state index in [1.807, 2.05) is 0 Å². The third-order valence-electron chi connectivity index (χ3n) is 3.19. The molecule has 1 saturated carbocycles. The van der Waals surface area contributed by atoms with Gasteiger partial charge in [0.1, 0.15) is 5.75 Å². The molecule has 1 aromatic heterocycles. The fraction of sp³-hybridized carbons (Fsp3) is 0.417. The highest BCUT2D eigenvalue weighted by Gasteiger charge is 2.34. The maximum absolute atomic E-state index is 11.9. The van der Waals surface area contributed by atoms with Gasteiger partial charge in [-0.2, -0.15) is 0 Å². The first-order valence-corrected chi connectivity index (χ1v) is 5.76. The molecule has 1 amide bonds. The molecule has 3 N–H and O–H groups in total. The second-order valence-electron chi connectivity index (χ2n) is 4.35. The topological polar surface area (TPSA) is 99.5 Å². The lowest BCUT2D eigenvalue weighted by Gasteiger charge is -2.17. The van der Waals surface area contributed by atoms with Gasteiger partial charge < -0.3 is 15.5 Å². The first kappa shape index (κ1) is 12.3. The van der Waals surface area contributed by atoms with Crippen molar-refractivity contribution < 1.29 is 19.8 Å². The van der Waals surface area contributed by atoms with E-state index in [-0.39, 0.29) is 17.4 Å². The molecule has 2 atom stereocenters. The fourth-order valence-electron chi connectivity index (χ4n) is 2.25. The molecule has 18 heavy (non-hydrogen) atoms. The number of hydrogen-bond donors (Lipinski definition) is 3. The third kappa shape index (κ3) is 2.42. The van der Waals surface area contributed by atoms with Crippen molar-refractivity contribution in [2.24, 2.45) is 5.92 Å². The van der Waals surface area contributed by atoms with Crippen LogP contribution in [0.3, 0.4) is 0 Å². The number of hydrogen-bond acceptors (Lipinski definition) is 4. The minimum absolute atomic E-state index is 0.112. The van der Waals surface area contributed by atoms with Gasteiger partial charge in [0.2, 0.25) is 0 Å². The number of aliphatic carboxylic acids is 1. The molecule has 0 aromatic carbocycles. The summed E-state index contributed by atoms with van der Waals surface area (Å²) in [6.07, 6.45) is 4.58. The zero-order valence-electron chi connectivity index (χ0n) is 9.67. The predicted molar refractivity (Wildman–Crippen MR) is 62.1 cm³/mol. The van der Waals surface area contributed by atoms with Crippen LogP contribution in [0.25, 0.3) is 0 Å². The zero-order valence-corrected chi connectivity index (χ0v) is 9.67. The van der Waals surface area contributed by atoms with Crippen molar-refractivity contribution in [3.8, 4) is 5.75 Å². The number of nitrogens with zero attached hydrogens (tertiary/aromatic N) is 1. The molecule has 6 heteroatoms. The molecule has 2 rings (SSSR count). The summed E-state index contributed by atoms with van der Waals surface area (Å²) in [5.74, 6) is -2.11. The van der Waals surface area contributed by atoms with E-state index in [4.69, 9.17) is 5.11 Å². The number of carbonyl (C=O) groups excluding carboxylic acids is 1. The molecule has 96 valence electrons. The maximum Gasteiger partial charge on any atom is 0.308 e. The van der Waals surface area contributed by atoms with Crippen LogP contribution in [0.2, 0.25) is 0 Å². The van der Waals surface area contributed by atoms with Crippen LogP contribution in [0.5, 0.6) is 5.75 Å². The van der Waals surface area contributed by atoms with Crippen LogP contribution < -0.4 is 5.32 Å². The second kappa shape index (κ2) is 5.03. The molecule has 1 heterocycles. The largest absolute Gasteiger partial charge is 0.505 e. The third-order valence-corrected chi connectivity index (χ3v) is 3.19. The number of amides is 1. The molecular formula is C12H14N2O4. The van der Waals surface area contributed by atoms with Gasteiger partial charge in [-0.15, -0.1) is 0 Å². The Balaban J connectivity index is 2.08. The van der Waals surface area contributed by atoms with Crippen molar-refractivity contribution in [3.63, 3.8) is 0 Å². The number of carboxylic acids is 1. The van der Waals surface area contributed by atoms with E-state index < -0.39 is 17.8 Å². The molecule has 0 spiro atoms. The van der Waals surface area contributed by atoms with Crippen LogP contribution in [0.15, 0.2) is 18.5 Å². The number of carboxylic acid groups (broad SMARTS) is 1. The standard InChI is InChI=1S/C12H14N2O4/c15-10-6-13-5-4-8(10)11(16)14-9-3-1-2-7(9)12(17)18/h4-7,9,15H,1-3H2,(H,14,16)(H,17,18). The summed E-state index contributed by atoms with van der Waals surface area (Å²) in [6.45, 7) is 0. The zero-order chi connectivity index (χ0) is 13.1. The monoisotopic (exact) mass is 250 g/mol. The van der Waals surface area contributed by atoms with Crippen molar-refractivity contribution in [2.75, 3.05) is 0 Å². The van der Waals surface area contributed by atoms with Crippen LogP contribution in [0.1, 0.15) is 29.6 Å². The Kier molecular flexibility index (Phi) is 3.45. The van der Waals surface area contributed by atoms with Gasteiger partial charge in [-0.05, 0) is 18.9 Å². The molecular weight excluding hydrogens is 236 g/mol. The number of aromatic nitrogens is 1. The lowest BCUT2D eigenvalue weighted by atomic mass is 10.0. The van der Waals surface area contributed by atoms with Crippen molar-refractivity contribution in [2.45, 2.75) is 25.3 Å². The highest BCUT2D eigenvalue weighted by atomic mass is 16.4. The van der Waals surface area contributed by atoms with Crippen LogP contribution in [0.4, 0.5) is 0 Å². The minimum atomic E-state index is -0.892. The number of pyridine rings is 1. The van der Waals surface area contributed by atoms with E-state index in [1.54, 1.807) is 0 Å².